The number of aliphatic imine (C=N–C) groups is 1. The van der Waals surface area contributed by atoms with Gasteiger partial charge in [-0.1, -0.05) is 25.5 Å². The summed E-state index contributed by atoms with van der Waals surface area (Å²) in [6, 6.07) is 11.9. The number of amidine groups is 1. The van der Waals surface area contributed by atoms with Crippen molar-refractivity contribution < 1.29 is 9.21 Å². The molecule has 0 saturated carbocycles. The summed E-state index contributed by atoms with van der Waals surface area (Å²) in [4.78, 5) is 17.1. The molecule has 1 aromatic carbocycles. The van der Waals surface area contributed by atoms with Gasteiger partial charge in [0.15, 0.2) is 5.17 Å². The van der Waals surface area contributed by atoms with Crippen LogP contribution in [0.15, 0.2) is 50.7 Å². The zero-order chi connectivity index (χ0) is 16.9. The van der Waals surface area contributed by atoms with Crippen molar-refractivity contribution in [2.24, 2.45) is 4.99 Å². The minimum absolute atomic E-state index is 0.146. The maximum absolute atomic E-state index is 12.0. The number of rotatable bonds is 5. The van der Waals surface area contributed by atoms with E-state index in [1.807, 2.05) is 31.2 Å². The fourth-order valence-corrected chi connectivity index (χ4v) is 3.20. The van der Waals surface area contributed by atoms with Gasteiger partial charge in [-0.15, -0.1) is 0 Å². The number of hydrogen-bond acceptors (Lipinski definition) is 4. The van der Waals surface area contributed by atoms with Crippen LogP contribution in [0.5, 0.6) is 0 Å². The van der Waals surface area contributed by atoms with Gasteiger partial charge in [-0.2, -0.15) is 0 Å². The highest BCUT2D eigenvalue weighted by atomic mass is 32.2. The standard InChI is InChI=1S/C19H20N2O2S/c1-3-4-5-14-7-9-15(10-8-14)20-19-21-18(22)17(24-19)12-16-11-6-13(2)23-16/h6-12H,3-5H2,1-2H3,(H,20,21,22). The van der Waals surface area contributed by atoms with Crippen molar-refractivity contribution in [3.05, 3.63) is 58.4 Å². The van der Waals surface area contributed by atoms with Crippen molar-refractivity contribution in [1.29, 1.82) is 0 Å². The van der Waals surface area contributed by atoms with E-state index in [1.165, 1.54) is 30.2 Å². The Balaban J connectivity index is 1.70. The van der Waals surface area contributed by atoms with Crippen LogP contribution in [0.2, 0.25) is 0 Å². The zero-order valence-electron chi connectivity index (χ0n) is 13.8. The SMILES string of the molecule is CCCCc1ccc(N=C2NC(=O)C(=Cc3ccc(C)o3)S2)cc1. The largest absolute Gasteiger partial charge is 0.462 e. The summed E-state index contributed by atoms with van der Waals surface area (Å²) in [6.07, 6.45) is 5.22. The van der Waals surface area contributed by atoms with E-state index in [9.17, 15) is 4.79 Å². The third kappa shape index (κ3) is 4.17. The number of benzene rings is 1. The molecule has 0 aliphatic carbocycles. The highest BCUT2D eigenvalue weighted by Gasteiger charge is 2.24. The average Bonchev–Trinajstić information content (AvgIpc) is 3.13. The lowest BCUT2D eigenvalue weighted by Gasteiger charge is -2.01. The second-order valence-electron chi connectivity index (χ2n) is 5.70. The Hall–Kier alpha value is -2.27. The third-order valence-electron chi connectivity index (χ3n) is 3.67. The van der Waals surface area contributed by atoms with E-state index in [-0.39, 0.29) is 5.91 Å². The fraction of sp³-hybridized carbons (Fsp3) is 0.263. The lowest BCUT2D eigenvalue weighted by atomic mass is 10.1. The van der Waals surface area contributed by atoms with Crippen molar-refractivity contribution in [3.63, 3.8) is 0 Å². The van der Waals surface area contributed by atoms with E-state index in [0.717, 1.165) is 17.9 Å². The van der Waals surface area contributed by atoms with Crippen LogP contribution in [-0.2, 0) is 11.2 Å². The molecule has 4 nitrogen and oxygen atoms in total. The van der Waals surface area contributed by atoms with Gasteiger partial charge in [-0.3, -0.25) is 4.79 Å². The van der Waals surface area contributed by atoms with E-state index in [4.69, 9.17) is 4.42 Å². The summed E-state index contributed by atoms with van der Waals surface area (Å²) in [5.41, 5.74) is 2.16. The lowest BCUT2D eigenvalue weighted by Crippen LogP contribution is -2.19. The number of thioether (sulfide) groups is 1. The summed E-state index contributed by atoms with van der Waals surface area (Å²) >= 11 is 1.33. The van der Waals surface area contributed by atoms with Crippen LogP contribution in [0.25, 0.3) is 6.08 Å². The Kier molecular flexibility index (Phi) is 5.20. The number of nitrogens with zero attached hydrogens (tertiary/aromatic N) is 1. The molecular formula is C19H20N2O2S. The maximum atomic E-state index is 12.0. The van der Waals surface area contributed by atoms with Gasteiger partial charge in [-0.05, 0) is 61.4 Å². The number of carbonyl (C=O) groups excluding carboxylic acids is 1. The summed E-state index contributed by atoms with van der Waals surface area (Å²) in [5.74, 6) is 1.35. The van der Waals surface area contributed by atoms with E-state index in [0.29, 0.717) is 15.8 Å². The van der Waals surface area contributed by atoms with Gasteiger partial charge in [0.2, 0.25) is 0 Å². The molecule has 1 aromatic heterocycles. The van der Waals surface area contributed by atoms with Gasteiger partial charge in [0.05, 0.1) is 10.6 Å². The molecule has 0 spiro atoms. The summed E-state index contributed by atoms with van der Waals surface area (Å²) < 4.78 is 5.48. The van der Waals surface area contributed by atoms with Crippen molar-refractivity contribution >= 4 is 34.6 Å². The highest BCUT2D eigenvalue weighted by Crippen LogP contribution is 2.28. The first kappa shape index (κ1) is 16.6. The first-order chi connectivity index (χ1) is 11.6. The van der Waals surface area contributed by atoms with Gasteiger partial charge < -0.3 is 9.73 Å². The Morgan fingerprint density at radius 3 is 2.67 bits per heavy atom. The van der Waals surface area contributed by atoms with Crippen LogP contribution in [0.1, 0.15) is 36.8 Å². The Morgan fingerprint density at radius 2 is 2.00 bits per heavy atom. The van der Waals surface area contributed by atoms with Crippen molar-refractivity contribution in [2.45, 2.75) is 33.1 Å². The van der Waals surface area contributed by atoms with E-state index in [2.05, 4.69) is 29.4 Å². The van der Waals surface area contributed by atoms with Crippen molar-refractivity contribution in [1.82, 2.24) is 5.32 Å². The van der Waals surface area contributed by atoms with Gasteiger partial charge in [-0.25, -0.2) is 4.99 Å². The molecule has 3 rings (SSSR count). The molecule has 0 radical (unpaired) electrons. The number of aryl methyl sites for hydroxylation is 2. The number of carbonyl (C=O) groups is 1. The fourth-order valence-electron chi connectivity index (χ4n) is 2.38. The van der Waals surface area contributed by atoms with Crippen molar-refractivity contribution in [2.75, 3.05) is 0 Å². The molecule has 1 aliphatic heterocycles. The van der Waals surface area contributed by atoms with Crippen LogP contribution in [0, 0.1) is 6.92 Å². The molecule has 1 amide bonds. The molecule has 1 saturated heterocycles. The third-order valence-corrected chi connectivity index (χ3v) is 4.58. The van der Waals surface area contributed by atoms with Gasteiger partial charge in [0, 0.05) is 6.08 Å². The topological polar surface area (TPSA) is 54.6 Å². The smallest absolute Gasteiger partial charge is 0.264 e. The molecule has 1 fully saturated rings. The summed E-state index contributed by atoms with van der Waals surface area (Å²) in [7, 11) is 0. The Bertz CT molecular complexity index is 788. The molecular weight excluding hydrogens is 320 g/mol. The van der Waals surface area contributed by atoms with E-state index in [1.54, 1.807) is 6.08 Å². The number of amides is 1. The first-order valence-electron chi connectivity index (χ1n) is 8.09. The second kappa shape index (κ2) is 7.53. The van der Waals surface area contributed by atoms with Crippen LogP contribution in [-0.4, -0.2) is 11.1 Å². The van der Waals surface area contributed by atoms with Crippen LogP contribution in [0.4, 0.5) is 5.69 Å². The Labute approximate surface area is 146 Å². The first-order valence-corrected chi connectivity index (χ1v) is 8.90. The minimum Gasteiger partial charge on any atom is -0.462 e. The summed E-state index contributed by atoms with van der Waals surface area (Å²) in [6.45, 7) is 4.07. The maximum Gasteiger partial charge on any atom is 0.264 e. The predicted octanol–water partition coefficient (Wildman–Crippen LogP) is 4.82. The molecule has 1 aliphatic rings. The van der Waals surface area contributed by atoms with E-state index < -0.39 is 0 Å². The van der Waals surface area contributed by atoms with Crippen LogP contribution < -0.4 is 5.32 Å². The Morgan fingerprint density at radius 1 is 1.21 bits per heavy atom. The molecule has 1 N–H and O–H groups in total. The van der Waals surface area contributed by atoms with Crippen LogP contribution in [0.3, 0.4) is 0 Å². The molecule has 124 valence electrons. The highest BCUT2D eigenvalue weighted by molar-refractivity contribution is 8.18. The predicted molar refractivity (Wildman–Crippen MR) is 99.3 cm³/mol. The second-order valence-corrected chi connectivity index (χ2v) is 6.73. The molecule has 2 heterocycles. The van der Waals surface area contributed by atoms with E-state index >= 15 is 0 Å². The number of hydrogen-bond donors (Lipinski definition) is 1. The number of nitrogens with one attached hydrogen (secondary N) is 1. The molecule has 0 atom stereocenters. The molecule has 0 unspecified atom stereocenters. The van der Waals surface area contributed by atoms with Gasteiger partial charge >= 0.3 is 0 Å². The average molecular weight is 340 g/mol. The molecule has 5 heteroatoms. The lowest BCUT2D eigenvalue weighted by molar-refractivity contribution is -0.115. The number of unbranched alkanes of at least 4 members (excludes halogenated alkanes) is 1. The number of furan rings is 1. The molecule has 24 heavy (non-hydrogen) atoms. The zero-order valence-corrected chi connectivity index (χ0v) is 14.7. The summed E-state index contributed by atoms with van der Waals surface area (Å²) in [5, 5.41) is 3.39. The van der Waals surface area contributed by atoms with Crippen molar-refractivity contribution in [3.8, 4) is 0 Å². The molecule has 0 bridgehead atoms. The van der Waals surface area contributed by atoms with Crippen LogP contribution >= 0.6 is 11.8 Å². The quantitative estimate of drug-likeness (QED) is 0.794. The minimum atomic E-state index is -0.146. The molecule has 2 aromatic rings. The normalized spacial score (nSPS) is 17.7. The monoisotopic (exact) mass is 340 g/mol. The van der Waals surface area contributed by atoms with Gasteiger partial charge in [0.25, 0.3) is 5.91 Å². The van der Waals surface area contributed by atoms with Gasteiger partial charge in [0.1, 0.15) is 11.5 Å².